The minimum atomic E-state index is -4.00. The highest BCUT2D eigenvalue weighted by Crippen LogP contribution is 2.38. The normalized spacial score (nSPS) is 17.9. The number of aromatic nitrogens is 2. The Morgan fingerprint density at radius 2 is 1.95 bits per heavy atom. The molecule has 0 spiro atoms. The maximum absolute atomic E-state index is 11.4. The Morgan fingerprint density at radius 1 is 1.35 bits per heavy atom. The van der Waals surface area contributed by atoms with Crippen LogP contribution in [-0.4, -0.2) is 36.0 Å². The van der Waals surface area contributed by atoms with Crippen LogP contribution in [0.2, 0.25) is 0 Å². The van der Waals surface area contributed by atoms with Crippen molar-refractivity contribution in [2.45, 2.75) is 30.7 Å². The molecule has 1 heterocycles. The highest BCUT2D eigenvalue weighted by molar-refractivity contribution is 7.89. The summed E-state index contributed by atoms with van der Waals surface area (Å²) in [6.45, 7) is 0.101. The van der Waals surface area contributed by atoms with E-state index in [1.54, 1.807) is 0 Å². The quantitative estimate of drug-likeness (QED) is 0.705. The lowest BCUT2D eigenvalue weighted by Crippen LogP contribution is -2.35. The van der Waals surface area contributed by atoms with Crippen molar-refractivity contribution in [3.8, 4) is 0 Å². The fraction of sp³-hybridized carbons (Fsp3) is 0.545. The number of primary sulfonamides is 1. The van der Waals surface area contributed by atoms with E-state index in [1.165, 1.54) is 12.4 Å². The topological polar surface area (TPSA) is 135 Å². The molecule has 1 fully saturated rings. The molecule has 0 amide bonds. The largest absolute Gasteiger partial charge is 0.481 e. The van der Waals surface area contributed by atoms with Crippen molar-refractivity contribution < 1.29 is 18.3 Å². The van der Waals surface area contributed by atoms with E-state index in [1.807, 2.05) is 0 Å². The maximum Gasteiger partial charge on any atom is 0.311 e. The van der Waals surface area contributed by atoms with E-state index in [0.717, 1.165) is 12.8 Å². The monoisotopic (exact) mass is 300 g/mol. The van der Waals surface area contributed by atoms with Crippen LogP contribution in [-0.2, 0) is 14.8 Å². The Morgan fingerprint density at radius 3 is 2.50 bits per heavy atom. The van der Waals surface area contributed by atoms with Crippen LogP contribution in [0.25, 0.3) is 0 Å². The van der Waals surface area contributed by atoms with Crippen molar-refractivity contribution in [3.63, 3.8) is 0 Å². The predicted molar refractivity (Wildman–Crippen MR) is 70.4 cm³/mol. The number of anilines is 1. The van der Waals surface area contributed by atoms with Crippen LogP contribution in [0.5, 0.6) is 0 Å². The molecular weight excluding hydrogens is 284 g/mol. The molecule has 1 aliphatic rings. The van der Waals surface area contributed by atoms with Crippen LogP contribution in [0.4, 0.5) is 5.82 Å². The fourth-order valence-corrected chi connectivity index (χ4v) is 3.03. The second kappa shape index (κ2) is 5.33. The smallest absolute Gasteiger partial charge is 0.311 e. The summed E-state index contributed by atoms with van der Waals surface area (Å²) in [6, 6.07) is 0. The lowest BCUT2D eigenvalue weighted by atomic mass is 9.86. The standard InChI is InChI=1S/C11H16N4O4S/c12-20(18,19)9-8(13-5-6-14-9)15-7-11(10(16)17)3-1-2-4-11/h5-6H,1-4,7H2,(H,13,15)(H,16,17)(H2,12,18,19). The molecule has 1 aliphatic carbocycles. The number of hydrogen-bond donors (Lipinski definition) is 3. The van der Waals surface area contributed by atoms with Gasteiger partial charge >= 0.3 is 5.97 Å². The third-order valence-electron chi connectivity index (χ3n) is 3.54. The van der Waals surface area contributed by atoms with Crippen molar-refractivity contribution in [2.75, 3.05) is 11.9 Å². The molecule has 0 aliphatic heterocycles. The number of carboxylic acid groups (broad SMARTS) is 1. The zero-order valence-corrected chi connectivity index (χ0v) is 11.6. The molecule has 0 unspecified atom stereocenters. The van der Waals surface area contributed by atoms with Gasteiger partial charge in [-0.3, -0.25) is 4.79 Å². The molecule has 1 aromatic rings. The summed E-state index contributed by atoms with van der Waals surface area (Å²) < 4.78 is 22.8. The van der Waals surface area contributed by atoms with E-state index in [0.29, 0.717) is 12.8 Å². The van der Waals surface area contributed by atoms with Gasteiger partial charge in [0.2, 0.25) is 5.03 Å². The summed E-state index contributed by atoms with van der Waals surface area (Å²) in [5.74, 6) is -0.897. The molecule has 1 aromatic heterocycles. The molecule has 8 nitrogen and oxygen atoms in total. The molecule has 0 bridgehead atoms. The van der Waals surface area contributed by atoms with Gasteiger partial charge in [0.05, 0.1) is 5.41 Å². The number of rotatable bonds is 5. The second-order valence-electron chi connectivity index (χ2n) is 4.90. The molecule has 20 heavy (non-hydrogen) atoms. The van der Waals surface area contributed by atoms with E-state index < -0.39 is 21.4 Å². The second-order valence-corrected chi connectivity index (χ2v) is 6.38. The number of nitrogens with one attached hydrogen (secondary N) is 1. The Balaban J connectivity index is 2.21. The summed E-state index contributed by atoms with van der Waals surface area (Å²) in [7, 11) is -4.00. The molecule has 110 valence electrons. The Bertz CT molecular complexity index is 611. The average molecular weight is 300 g/mol. The van der Waals surface area contributed by atoms with Gasteiger partial charge in [0.15, 0.2) is 5.82 Å². The first-order valence-electron chi connectivity index (χ1n) is 6.16. The predicted octanol–water partition coefficient (Wildman–Crippen LogP) is 0.181. The Hall–Kier alpha value is -1.74. The van der Waals surface area contributed by atoms with Gasteiger partial charge in [-0.2, -0.15) is 0 Å². The average Bonchev–Trinajstić information content (AvgIpc) is 2.86. The van der Waals surface area contributed by atoms with Crippen LogP contribution >= 0.6 is 0 Å². The Labute approximate surface area is 116 Å². The van der Waals surface area contributed by atoms with Gasteiger partial charge in [0.25, 0.3) is 10.0 Å². The van der Waals surface area contributed by atoms with E-state index in [4.69, 9.17) is 5.14 Å². The van der Waals surface area contributed by atoms with Crippen molar-refractivity contribution >= 4 is 21.8 Å². The van der Waals surface area contributed by atoms with Crippen LogP contribution < -0.4 is 10.5 Å². The van der Waals surface area contributed by atoms with Gasteiger partial charge in [0, 0.05) is 18.9 Å². The summed E-state index contributed by atoms with van der Waals surface area (Å²) in [6.07, 6.45) is 5.33. The molecule has 0 atom stereocenters. The molecule has 0 aromatic carbocycles. The van der Waals surface area contributed by atoms with Crippen LogP contribution in [0.3, 0.4) is 0 Å². The highest BCUT2D eigenvalue weighted by atomic mass is 32.2. The molecule has 4 N–H and O–H groups in total. The van der Waals surface area contributed by atoms with Crippen LogP contribution in [0.1, 0.15) is 25.7 Å². The van der Waals surface area contributed by atoms with Gasteiger partial charge < -0.3 is 10.4 Å². The van der Waals surface area contributed by atoms with Crippen molar-refractivity contribution in [1.29, 1.82) is 0 Å². The molecular formula is C11H16N4O4S. The van der Waals surface area contributed by atoms with E-state index >= 15 is 0 Å². The minimum absolute atomic E-state index is 0.0116. The zero-order chi connectivity index (χ0) is 14.8. The first kappa shape index (κ1) is 14.7. The molecule has 1 saturated carbocycles. The summed E-state index contributed by atoms with van der Waals surface area (Å²) >= 11 is 0. The van der Waals surface area contributed by atoms with Gasteiger partial charge in [-0.1, -0.05) is 12.8 Å². The third-order valence-corrected chi connectivity index (χ3v) is 4.38. The summed E-state index contributed by atoms with van der Waals surface area (Å²) in [4.78, 5) is 19.0. The molecule has 0 radical (unpaired) electrons. The zero-order valence-electron chi connectivity index (χ0n) is 10.7. The van der Waals surface area contributed by atoms with Crippen molar-refractivity contribution in [2.24, 2.45) is 10.6 Å². The van der Waals surface area contributed by atoms with Crippen LogP contribution in [0, 0.1) is 5.41 Å². The molecule has 2 rings (SSSR count). The van der Waals surface area contributed by atoms with Crippen LogP contribution in [0.15, 0.2) is 17.4 Å². The maximum atomic E-state index is 11.4. The third kappa shape index (κ3) is 2.88. The number of aliphatic carboxylic acids is 1. The van der Waals surface area contributed by atoms with Gasteiger partial charge in [-0.05, 0) is 12.8 Å². The number of carbonyl (C=O) groups is 1. The van der Waals surface area contributed by atoms with E-state index in [2.05, 4.69) is 15.3 Å². The number of nitrogens with two attached hydrogens (primary N) is 1. The number of carboxylic acids is 1. The van der Waals surface area contributed by atoms with Gasteiger partial charge in [-0.15, -0.1) is 0 Å². The lowest BCUT2D eigenvalue weighted by molar-refractivity contribution is -0.147. The van der Waals surface area contributed by atoms with Gasteiger partial charge in [0.1, 0.15) is 0 Å². The van der Waals surface area contributed by atoms with E-state index in [-0.39, 0.29) is 17.4 Å². The lowest BCUT2D eigenvalue weighted by Gasteiger charge is -2.24. The van der Waals surface area contributed by atoms with Crippen molar-refractivity contribution in [3.05, 3.63) is 12.4 Å². The number of nitrogens with zero attached hydrogens (tertiary/aromatic N) is 2. The summed E-state index contributed by atoms with van der Waals surface area (Å²) in [5.41, 5.74) is -0.882. The first-order chi connectivity index (χ1) is 9.35. The SMILES string of the molecule is NS(=O)(=O)c1nccnc1NCC1(C(=O)O)CCCC1. The minimum Gasteiger partial charge on any atom is -0.481 e. The molecule has 9 heteroatoms. The summed E-state index contributed by atoms with van der Waals surface area (Å²) in [5, 5.41) is 16.8. The van der Waals surface area contributed by atoms with E-state index in [9.17, 15) is 18.3 Å². The number of hydrogen-bond acceptors (Lipinski definition) is 6. The molecule has 0 saturated heterocycles. The van der Waals surface area contributed by atoms with Crippen molar-refractivity contribution in [1.82, 2.24) is 9.97 Å². The highest BCUT2D eigenvalue weighted by Gasteiger charge is 2.41. The fourth-order valence-electron chi connectivity index (χ4n) is 2.43. The Kier molecular flexibility index (Phi) is 3.91. The van der Waals surface area contributed by atoms with Gasteiger partial charge in [-0.25, -0.2) is 23.5 Å². The number of sulfonamides is 1. The first-order valence-corrected chi connectivity index (χ1v) is 7.71.